The average Bonchev–Trinajstić information content (AvgIpc) is 3.03. The first kappa shape index (κ1) is 42.6. The summed E-state index contributed by atoms with van der Waals surface area (Å²) in [5.74, 6) is 0. The second kappa shape index (κ2) is 21.0. The van der Waals surface area contributed by atoms with Gasteiger partial charge >= 0.3 is 27.7 Å². The average molecular weight is 1000 g/mol. The van der Waals surface area contributed by atoms with E-state index < -0.39 is 15.8 Å². The molecule has 0 atom stereocenters. The van der Waals surface area contributed by atoms with E-state index in [1.54, 1.807) is 0 Å². The second-order valence-corrected chi connectivity index (χ2v) is 16.6. The number of hydrogen-bond donors (Lipinski definition) is 0. The maximum Gasteiger partial charge on any atom is 2.00 e. The molecule has 0 heterocycles. The molecule has 0 nitrogen and oxygen atoms in total. The quantitative estimate of drug-likeness (QED) is 0.166. The van der Waals surface area contributed by atoms with Crippen molar-refractivity contribution < 1.29 is 52.5 Å². The molecule has 236 valence electrons. The van der Waals surface area contributed by atoms with Gasteiger partial charge in [-0.15, -0.1) is 0 Å². The maximum atomic E-state index is 6.02. The predicted molar refractivity (Wildman–Crippen MR) is 200 cm³/mol. The molecular formula is C36H24Cl8HgP2. The summed E-state index contributed by atoms with van der Waals surface area (Å²) >= 11 is 36.1. The minimum Gasteiger partial charge on any atom is -1.00 e. The van der Waals surface area contributed by atoms with Gasteiger partial charge in [0.25, 0.3) is 0 Å². The van der Waals surface area contributed by atoms with E-state index in [2.05, 4.69) is 72.8 Å². The van der Waals surface area contributed by atoms with E-state index in [1.807, 2.05) is 72.8 Å². The first-order valence-corrected chi connectivity index (χ1v) is 18.4. The van der Waals surface area contributed by atoms with E-state index in [0.29, 0.717) is 0 Å². The van der Waals surface area contributed by atoms with Crippen LogP contribution in [0.15, 0.2) is 146 Å². The van der Waals surface area contributed by atoms with Crippen LogP contribution in [-0.2, 0) is 27.7 Å². The van der Waals surface area contributed by atoms with Gasteiger partial charge in [0.2, 0.25) is 0 Å². The van der Waals surface area contributed by atoms with E-state index in [0.717, 1.165) is 30.1 Å². The third-order valence-electron chi connectivity index (χ3n) is 6.51. The van der Waals surface area contributed by atoms with Gasteiger partial charge in [0, 0.05) is 30.1 Å². The summed E-state index contributed by atoms with van der Waals surface area (Å²) in [7, 11) is -1.32. The van der Waals surface area contributed by atoms with Crippen LogP contribution in [0.5, 0.6) is 0 Å². The normalized spacial score (nSPS) is 10.2. The maximum absolute atomic E-state index is 6.02. The smallest absolute Gasteiger partial charge is 1.00 e. The van der Waals surface area contributed by atoms with Crippen molar-refractivity contribution >= 4 is 117 Å². The summed E-state index contributed by atoms with van der Waals surface area (Å²) in [6.07, 6.45) is 0. The van der Waals surface area contributed by atoms with E-state index in [1.165, 1.54) is 31.8 Å². The summed E-state index contributed by atoms with van der Waals surface area (Å²) in [6.45, 7) is 0. The van der Waals surface area contributed by atoms with Gasteiger partial charge in [0.1, 0.15) is 0 Å². The zero-order valence-electron chi connectivity index (χ0n) is 24.5. The monoisotopic (exact) mass is 1000 g/mol. The van der Waals surface area contributed by atoms with Crippen LogP contribution in [0, 0.1) is 0 Å². The standard InChI is InChI=1S/2C18H12Cl3P.2ClH.Hg/c2*19-13-1-7-16(8-2-13)22(17-9-3-14(20)4-10-17)18-11-5-15(21)6-12-18;;;/h2*1-12H;2*1H;/q;;;;+2/p-2. The minimum atomic E-state index is -0.659. The largest absolute Gasteiger partial charge is 2.00 e. The van der Waals surface area contributed by atoms with E-state index in [-0.39, 0.29) is 52.5 Å². The van der Waals surface area contributed by atoms with Crippen molar-refractivity contribution in [2.24, 2.45) is 0 Å². The van der Waals surface area contributed by atoms with Crippen molar-refractivity contribution in [3.05, 3.63) is 176 Å². The summed E-state index contributed by atoms with van der Waals surface area (Å²) in [5, 5.41) is 11.9. The van der Waals surface area contributed by atoms with Gasteiger partial charge in [-0.05, 0) is 120 Å². The molecule has 47 heavy (non-hydrogen) atoms. The fourth-order valence-corrected chi connectivity index (χ4v) is 9.66. The number of hydrogen-bond acceptors (Lipinski definition) is 0. The van der Waals surface area contributed by atoms with Crippen LogP contribution in [0.4, 0.5) is 0 Å². The Balaban J connectivity index is 0.000000307. The molecule has 6 aromatic carbocycles. The van der Waals surface area contributed by atoms with E-state index >= 15 is 0 Å². The number of rotatable bonds is 6. The molecule has 6 aromatic rings. The Morgan fingerprint density at radius 3 is 0.447 bits per heavy atom. The fourth-order valence-electron chi connectivity index (χ4n) is 4.44. The van der Waals surface area contributed by atoms with Gasteiger partial charge in [-0.2, -0.15) is 0 Å². The molecule has 0 aliphatic heterocycles. The van der Waals surface area contributed by atoms with Gasteiger partial charge in [0.05, 0.1) is 0 Å². The molecule has 6 rings (SSSR count). The molecule has 0 aliphatic carbocycles. The third kappa shape index (κ3) is 12.3. The summed E-state index contributed by atoms with van der Waals surface area (Å²) in [5.41, 5.74) is 0. The Labute approximate surface area is 341 Å². The van der Waals surface area contributed by atoms with Crippen molar-refractivity contribution in [1.82, 2.24) is 0 Å². The van der Waals surface area contributed by atoms with Gasteiger partial charge < -0.3 is 24.8 Å². The van der Waals surface area contributed by atoms with Gasteiger partial charge in [-0.3, -0.25) is 0 Å². The Bertz CT molecular complexity index is 1430. The summed E-state index contributed by atoms with van der Waals surface area (Å²) in [6, 6.07) is 48.1. The molecule has 0 radical (unpaired) electrons. The molecule has 0 saturated heterocycles. The van der Waals surface area contributed by atoms with E-state index in [4.69, 9.17) is 69.6 Å². The molecule has 0 bridgehead atoms. The molecular weight excluding hydrogens is 979 g/mol. The van der Waals surface area contributed by atoms with Crippen LogP contribution in [-0.4, -0.2) is 0 Å². The molecule has 0 aromatic heterocycles. The fraction of sp³-hybridized carbons (Fsp3) is 0. The van der Waals surface area contributed by atoms with Gasteiger partial charge in [-0.25, -0.2) is 0 Å². The Morgan fingerprint density at radius 2 is 0.340 bits per heavy atom. The van der Waals surface area contributed by atoms with Gasteiger partial charge in [0.15, 0.2) is 0 Å². The van der Waals surface area contributed by atoms with Crippen molar-refractivity contribution in [1.29, 1.82) is 0 Å². The molecule has 0 N–H and O–H groups in total. The molecule has 0 aliphatic rings. The predicted octanol–water partition coefficient (Wildman–Crippen LogP) is 4.82. The van der Waals surface area contributed by atoms with Crippen LogP contribution in [0.25, 0.3) is 0 Å². The van der Waals surface area contributed by atoms with Gasteiger partial charge in [-0.1, -0.05) is 142 Å². The van der Waals surface area contributed by atoms with E-state index in [9.17, 15) is 0 Å². The Morgan fingerprint density at radius 1 is 0.234 bits per heavy atom. The van der Waals surface area contributed by atoms with Crippen LogP contribution in [0.2, 0.25) is 30.1 Å². The van der Waals surface area contributed by atoms with Crippen LogP contribution >= 0.6 is 85.4 Å². The first-order valence-electron chi connectivity index (χ1n) is 13.4. The van der Waals surface area contributed by atoms with Crippen LogP contribution < -0.4 is 56.6 Å². The first-order chi connectivity index (χ1) is 21.3. The molecule has 0 amide bonds. The second-order valence-electron chi connectivity index (χ2n) is 9.53. The summed E-state index contributed by atoms with van der Waals surface area (Å²) in [4.78, 5) is 0. The van der Waals surface area contributed by atoms with Crippen molar-refractivity contribution in [2.75, 3.05) is 0 Å². The van der Waals surface area contributed by atoms with Crippen molar-refractivity contribution in [3.8, 4) is 0 Å². The zero-order chi connectivity index (χ0) is 31.1. The van der Waals surface area contributed by atoms with Crippen molar-refractivity contribution in [3.63, 3.8) is 0 Å². The van der Waals surface area contributed by atoms with Crippen LogP contribution in [0.3, 0.4) is 0 Å². The molecule has 0 saturated carbocycles. The Hall–Kier alpha value is -0.565. The zero-order valence-corrected chi connectivity index (χ0v) is 37.8. The summed E-state index contributed by atoms with van der Waals surface area (Å²) < 4.78 is 0. The number of benzene rings is 6. The number of halogens is 8. The third-order valence-corrected chi connectivity index (χ3v) is 12.9. The Kier molecular flexibility index (Phi) is 19.0. The molecule has 0 fully saturated rings. The molecule has 0 spiro atoms. The minimum absolute atomic E-state index is 0. The van der Waals surface area contributed by atoms with Crippen molar-refractivity contribution in [2.45, 2.75) is 0 Å². The molecule has 11 heteroatoms. The van der Waals surface area contributed by atoms with Crippen LogP contribution in [0.1, 0.15) is 0 Å². The molecule has 0 unspecified atom stereocenters. The SMILES string of the molecule is Clc1ccc(P(c2ccc(Cl)cc2)c2ccc(Cl)cc2)cc1.Clc1ccc(P(c2ccc(Cl)cc2)c2ccc(Cl)cc2)cc1.[Cl-].[Cl-].[Hg+2]. The topological polar surface area (TPSA) is 0 Å².